The van der Waals surface area contributed by atoms with Crippen LogP contribution in [0, 0.1) is 47.5 Å². The summed E-state index contributed by atoms with van der Waals surface area (Å²) < 4.78 is 28.8. The quantitative estimate of drug-likeness (QED) is 0.176. The van der Waals surface area contributed by atoms with Crippen LogP contribution in [0.1, 0.15) is 175 Å². The van der Waals surface area contributed by atoms with Crippen LogP contribution in [0.5, 0.6) is 0 Å². The van der Waals surface area contributed by atoms with E-state index in [4.69, 9.17) is 22.1 Å². The van der Waals surface area contributed by atoms with Crippen molar-refractivity contribution >= 4 is 60.9 Å². The first kappa shape index (κ1) is 59.4. The summed E-state index contributed by atoms with van der Waals surface area (Å²) in [5.41, 5.74) is 17.2. The van der Waals surface area contributed by atoms with Crippen LogP contribution in [0.25, 0.3) is 60.9 Å². The summed E-state index contributed by atoms with van der Waals surface area (Å²) in [7, 11) is 0. The summed E-state index contributed by atoms with van der Waals surface area (Å²) in [6.45, 7) is 40.8. The van der Waals surface area contributed by atoms with Crippen LogP contribution >= 0.6 is 0 Å². The van der Waals surface area contributed by atoms with Gasteiger partial charge in [-0.05, 0) is 161 Å². The summed E-state index contributed by atoms with van der Waals surface area (Å²) in [5.74, 6) is 6.93. The number of allylic oxidation sites excluding steroid dienone is 1. The number of hydrogen-bond donors (Lipinski definition) is 0. The third kappa shape index (κ3) is 16.4. The average Bonchev–Trinajstić information content (AvgIpc) is 4.31. The third-order valence-corrected chi connectivity index (χ3v) is 13.9. The zero-order valence-electron chi connectivity index (χ0n) is 51.0. The van der Waals surface area contributed by atoms with Gasteiger partial charge in [0.15, 0.2) is 0 Å². The third-order valence-electron chi connectivity index (χ3n) is 13.9. The summed E-state index contributed by atoms with van der Waals surface area (Å²) in [5, 5.41) is 6.03. The normalized spacial score (nSPS) is 12.2. The van der Waals surface area contributed by atoms with Gasteiger partial charge in [0, 0.05) is 56.0 Å². The van der Waals surface area contributed by atoms with Gasteiger partial charge in [0.2, 0.25) is 0 Å². The second kappa shape index (κ2) is 25.3. The van der Waals surface area contributed by atoms with Gasteiger partial charge in [0.05, 0.1) is 0 Å². The van der Waals surface area contributed by atoms with Gasteiger partial charge in [-0.3, -0.25) is 0 Å². The minimum absolute atomic E-state index is 0.0902. The molecule has 6 aromatic carbocycles. The molecular formula is C74H88O5. The smallest absolute Gasteiger partial charge is 0.134 e. The first-order valence-corrected chi connectivity index (χ1v) is 28.4. The Morgan fingerprint density at radius 1 is 0.367 bits per heavy atom. The Hall–Kier alpha value is -7.24. The van der Waals surface area contributed by atoms with Gasteiger partial charge in [-0.1, -0.05) is 178 Å². The van der Waals surface area contributed by atoms with E-state index in [1.54, 1.807) is 0 Å². The molecule has 0 N–H and O–H groups in total. The van der Waals surface area contributed by atoms with Gasteiger partial charge in [-0.25, -0.2) is 0 Å². The molecule has 0 aliphatic heterocycles. The minimum atomic E-state index is 0.0902. The second-order valence-electron chi connectivity index (χ2n) is 25.2. The lowest BCUT2D eigenvalue weighted by molar-refractivity contribution is 0.430. The lowest BCUT2D eigenvalue weighted by atomic mass is 9.93. The number of fused-ring (bicyclic) bond motifs is 6. The van der Waals surface area contributed by atoms with Crippen molar-refractivity contribution in [3.8, 4) is 0 Å². The number of hydrogen-bond acceptors (Lipinski definition) is 5. The molecule has 414 valence electrons. The highest BCUT2D eigenvalue weighted by Gasteiger charge is 2.20. The molecule has 5 heteroatoms. The van der Waals surface area contributed by atoms with Crippen molar-refractivity contribution in [2.24, 2.45) is 5.92 Å². The van der Waals surface area contributed by atoms with Crippen molar-refractivity contribution in [3.05, 3.63) is 218 Å². The molecule has 5 nitrogen and oxygen atoms in total. The fourth-order valence-corrected chi connectivity index (χ4v) is 9.27. The maximum atomic E-state index is 5.81. The standard InChI is InChI=1S/3C13H16O.2C12H14O.C11H12/c1-9-5-6-11-10(7-9)8-12(14-11)13(2,3)4;1-9-5-6-10-8-12(13(2,3)4)14-11(10)7-9;1-9(2)6-12-8-11-5-4-10(3)7-13(11)14-12;1-8(2)12-7-10-6-9(3)4-5-11(10)13-12;1-8(2)11-7-10-5-4-9(3)6-12(10)13-11;1-8-3-4-10-6-9(2)7-11(10)5-8/h2*5-8H,1-4H3;4-5,7-9H,6H2,1-3H3;2*4-8H,1-3H3;3-5,7H,6H2,1-2H3. The summed E-state index contributed by atoms with van der Waals surface area (Å²) >= 11 is 0. The molecule has 0 saturated carbocycles. The molecule has 0 amide bonds. The zero-order chi connectivity index (χ0) is 57.5. The molecule has 12 rings (SSSR count). The van der Waals surface area contributed by atoms with Gasteiger partial charge in [-0.15, -0.1) is 0 Å². The van der Waals surface area contributed by atoms with E-state index in [1.165, 1.54) is 77.0 Å². The molecule has 11 aromatic rings. The Balaban J connectivity index is 0.000000137. The highest BCUT2D eigenvalue weighted by atomic mass is 16.4. The number of aryl methyl sites for hydroxylation is 6. The summed E-state index contributed by atoms with van der Waals surface area (Å²) in [6, 6.07) is 48.9. The van der Waals surface area contributed by atoms with E-state index < -0.39 is 0 Å². The fourth-order valence-electron chi connectivity index (χ4n) is 9.27. The van der Waals surface area contributed by atoms with Crippen molar-refractivity contribution in [2.45, 2.75) is 167 Å². The predicted molar refractivity (Wildman–Crippen MR) is 337 cm³/mol. The van der Waals surface area contributed by atoms with Crippen molar-refractivity contribution in [2.75, 3.05) is 0 Å². The molecule has 0 unspecified atom stereocenters. The predicted octanol–water partition coefficient (Wildman–Crippen LogP) is 22.7. The van der Waals surface area contributed by atoms with E-state index >= 15 is 0 Å². The lowest BCUT2D eigenvalue weighted by Gasteiger charge is -2.13. The number of benzene rings is 6. The molecule has 5 aromatic heterocycles. The van der Waals surface area contributed by atoms with Crippen molar-refractivity contribution in [3.63, 3.8) is 0 Å². The van der Waals surface area contributed by atoms with Crippen LogP contribution in [-0.4, -0.2) is 0 Å². The minimum Gasteiger partial charge on any atom is -0.461 e. The van der Waals surface area contributed by atoms with Gasteiger partial charge < -0.3 is 22.1 Å². The Kier molecular flexibility index (Phi) is 19.0. The lowest BCUT2D eigenvalue weighted by Crippen LogP contribution is -2.08. The van der Waals surface area contributed by atoms with Crippen molar-refractivity contribution in [1.29, 1.82) is 0 Å². The molecule has 5 heterocycles. The van der Waals surface area contributed by atoms with Crippen molar-refractivity contribution < 1.29 is 22.1 Å². The fraction of sp³-hybridized carbons (Fsp3) is 0.351. The van der Waals surface area contributed by atoms with E-state index in [0.29, 0.717) is 17.8 Å². The van der Waals surface area contributed by atoms with Crippen LogP contribution in [-0.2, 0) is 23.7 Å². The molecule has 0 bridgehead atoms. The number of furan rings is 5. The molecule has 0 saturated heterocycles. The molecule has 1 aliphatic carbocycles. The Morgan fingerprint density at radius 2 is 0.747 bits per heavy atom. The van der Waals surface area contributed by atoms with E-state index in [2.05, 4.69) is 265 Å². The maximum absolute atomic E-state index is 5.81. The molecule has 0 spiro atoms. The Morgan fingerprint density at radius 3 is 1.27 bits per heavy atom. The van der Waals surface area contributed by atoms with Gasteiger partial charge >= 0.3 is 0 Å². The van der Waals surface area contributed by atoms with E-state index in [1.807, 2.05) is 12.1 Å². The maximum Gasteiger partial charge on any atom is 0.134 e. The number of rotatable bonds is 4. The molecule has 0 atom stereocenters. The second-order valence-corrected chi connectivity index (χ2v) is 25.2. The topological polar surface area (TPSA) is 65.7 Å². The molecule has 0 radical (unpaired) electrons. The van der Waals surface area contributed by atoms with Gasteiger partial charge in [0.1, 0.15) is 56.7 Å². The first-order valence-electron chi connectivity index (χ1n) is 28.4. The van der Waals surface area contributed by atoms with E-state index in [0.717, 1.165) is 69.6 Å². The molecule has 0 fully saturated rings. The Bertz CT molecular complexity index is 3640. The highest BCUT2D eigenvalue weighted by Crippen LogP contribution is 2.32. The van der Waals surface area contributed by atoms with Crippen molar-refractivity contribution in [1.82, 2.24) is 0 Å². The van der Waals surface area contributed by atoms with E-state index in [9.17, 15) is 0 Å². The van der Waals surface area contributed by atoms with Crippen LogP contribution in [0.15, 0.2) is 167 Å². The first-order chi connectivity index (χ1) is 37.2. The zero-order valence-corrected chi connectivity index (χ0v) is 51.0. The van der Waals surface area contributed by atoms with Gasteiger partial charge in [-0.2, -0.15) is 0 Å². The molecule has 79 heavy (non-hydrogen) atoms. The van der Waals surface area contributed by atoms with Crippen LogP contribution in [0.2, 0.25) is 0 Å². The summed E-state index contributed by atoms with van der Waals surface area (Å²) in [6.07, 6.45) is 4.45. The average molecular weight is 1060 g/mol. The largest absolute Gasteiger partial charge is 0.461 e. The molecule has 1 aliphatic rings. The highest BCUT2D eigenvalue weighted by molar-refractivity contribution is 5.81. The summed E-state index contributed by atoms with van der Waals surface area (Å²) in [4.78, 5) is 0. The SMILES string of the molecule is CC1=Cc2cc(C)ccc2C1.Cc1ccc2cc(C(C)(C)C)oc2c1.Cc1ccc2cc(C(C)C)oc2c1.Cc1ccc2cc(CC(C)C)oc2c1.Cc1ccc2oc(C(C)(C)C)cc2c1.Cc1ccc2oc(C(C)C)cc2c1. The monoisotopic (exact) mass is 1060 g/mol. The van der Waals surface area contributed by atoms with Crippen LogP contribution in [0.3, 0.4) is 0 Å². The Labute approximate surface area is 472 Å². The molecular weight excluding hydrogens is 969 g/mol. The van der Waals surface area contributed by atoms with Crippen LogP contribution in [0.4, 0.5) is 0 Å². The van der Waals surface area contributed by atoms with E-state index in [-0.39, 0.29) is 10.8 Å². The van der Waals surface area contributed by atoms with Gasteiger partial charge in [0.25, 0.3) is 0 Å². The van der Waals surface area contributed by atoms with Crippen LogP contribution < -0.4 is 0 Å².